The fraction of sp³-hybridized carbons (Fsp3) is 0.333. The molecule has 0 amide bonds. The van der Waals surface area contributed by atoms with Gasteiger partial charge in [-0.05, 0) is 47.4 Å². The van der Waals surface area contributed by atoms with Gasteiger partial charge in [0.2, 0.25) is 0 Å². The van der Waals surface area contributed by atoms with Crippen LogP contribution in [0.5, 0.6) is 11.5 Å². The SMILES string of the molecule is CC(C)(C)c1cccc(Oc2cccc(N(CC(O)C(F)(F)F)c3cccc(C(F)(F)C(F)(F)F)c3)c2)c1. The zero-order valence-corrected chi connectivity index (χ0v) is 20.5. The minimum absolute atomic E-state index is 0.0368. The van der Waals surface area contributed by atoms with Crippen molar-refractivity contribution in [2.24, 2.45) is 0 Å². The van der Waals surface area contributed by atoms with Gasteiger partial charge in [0.25, 0.3) is 0 Å². The Morgan fingerprint density at radius 3 is 1.76 bits per heavy atom. The van der Waals surface area contributed by atoms with E-state index >= 15 is 0 Å². The molecule has 3 aromatic carbocycles. The van der Waals surface area contributed by atoms with E-state index in [1.807, 2.05) is 26.8 Å². The lowest BCUT2D eigenvalue weighted by Gasteiger charge is -2.30. The fourth-order valence-corrected chi connectivity index (χ4v) is 3.55. The fourth-order valence-electron chi connectivity index (χ4n) is 3.55. The first-order chi connectivity index (χ1) is 17.4. The monoisotopic (exact) mass is 547 g/mol. The number of aliphatic hydroxyl groups is 1. The Bertz CT molecular complexity index is 1250. The van der Waals surface area contributed by atoms with Gasteiger partial charge < -0.3 is 14.7 Å². The molecule has 11 heteroatoms. The van der Waals surface area contributed by atoms with Crippen molar-refractivity contribution in [3.63, 3.8) is 0 Å². The van der Waals surface area contributed by atoms with Gasteiger partial charge in [-0.25, -0.2) is 0 Å². The average Bonchev–Trinajstić information content (AvgIpc) is 2.81. The maximum atomic E-state index is 14.0. The van der Waals surface area contributed by atoms with Crippen LogP contribution in [0.15, 0.2) is 72.8 Å². The van der Waals surface area contributed by atoms with E-state index in [9.17, 15) is 40.2 Å². The van der Waals surface area contributed by atoms with Crippen LogP contribution in [0, 0.1) is 0 Å². The third-order valence-corrected chi connectivity index (χ3v) is 5.67. The lowest BCUT2D eigenvalue weighted by Crippen LogP contribution is -2.39. The number of aliphatic hydroxyl groups excluding tert-OH is 1. The van der Waals surface area contributed by atoms with Gasteiger partial charge in [-0.15, -0.1) is 0 Å². The predicted octanol–water partition coefficient (Wildman–Crippen LogP) is 8.49. The van der Waals surface area contributed by atoms with E-state index in [1.165, 1.54) is 24.3 Å². The van der Waals surface area contributed by atoms with Crippen LogP contribution in [-0.2, 0) is 11.3 Å². The number of hydrogen-bond acceptors (Lipinski definition) is 3. The van der Waals surface area contributed by atoms with Crippen LogP contribution in [0.1, 0.15) is 31.9 Å². The smallest absolute Gasteiger partial charge is 0.457 e. The second-order valence-electron chi connectivity index (χ2n) is 9.67. The van der Waals surface area contributed by atoms with Crippen molar-refractivity contribution in [2.75, 3.05) is 11.4 Å². The Morgan fingerprint density at radius 2 is 1.21 bits per heavy atom. The Kier molecular flexibility index (Phi) is 8.02. The number of benzene rings is 3. The minimum Gasteiger partial charge on any atom is -0.457 e. The number of hydrogen-bond donors (Lipinski definition) is 1. The van der Waals surface area contributed by atoms with Gasteiger partial charge in [-0.2, -0.15) is 35.1 Å². The molecule has 0 spiro atoms. The number of alkyl halides is 8. The molecule has 3 aromatic rings. The normalized spacial score (nSPS) is 13.8. The topological polar surface area (TPSA) is 32.7 Å². The van der Waals surface area contributed by atoms with Crippen molar-refractivity contribution in [3.05, 3.63) is 83.9 Å². The van der Waals surface area contributed by atoms with Crippen molar-refractivity contribution < 1.29 is 45.0 Å². The van der Waals surface area contributed by atoms with Crippen LogP contribution in [0.25, 0.3) is 0 Å². The molecule has 1 atom stereocenters. The van der Waals surface area contributed by atoms with Gasteiger partial charge >= 0.3 is 18.3 Å². The summed E-state index contributed by atoms with van der Waals surface area (Å²) in [7, 11) is 0. The maximum Gasteiger partial charge on any atom is 0.458 e. The molecule has 1 N–H and O–H groups in total. The van der Waals surface area contributed by atoms with E-state index < -0.39 is 42.2 Å². The predicted molar refractivity (Wildman–Crippen MR) is 127 cm³/mol. The van der Waals surface area contributed by atoms with Crippen molar-refractivity contribution >= 4 is 11.4 Å². The largest absolute Gasteiger partial charge is 0.458 e. The molecule has 0 heterocycles. The number of halogens is 8. The first-order valence-corrected chi connectivity index (χ1v) is 11.4. The Balaban J connectivity index is 2.04. The zero-order valence-electron chi connectivity index (χ0n) is 20.5. The summed E-state index contributed by atoms with van der Waals surface area (Å²) in [5, 5.41) is 9.72. The lowest BCUT2D eigenvalue weighted by molar-refractivity contribution is -0.289. The Labute approximate surface area is 214 Å². The van der Waals surface area contributed by atoms with Gasteiger partial charge in [0.1, 0.15) is 11.5 Å². The standard InChI is InChI=1S/C27H25F8NO2/c1-24(2,3)17-7-5-11-21(14-17)38-22-12-6-10-20(15-22)36(16-23(37)26(30,31)32)19-9-4-8-18(13-19)25(28,29)27(33,34)35/h4-15,23,37H,16H2,1-3H3. The summed E-state index contributed by atoms with van der Waals surface area (Å²) in [6.45, 7) is 4.81. The molecule has 0 aliphatic carbocycles. The van der Waals surface area contributed by atoms with E-state index in [1.54, 1.807) is 18.2 Å². The molecule has 0 bridgehead atoms. The van der Waals surface area contributed by atoms with E-state index in [0.29, 0.717) is 17.9 Å². The van der Waals surface area contributed by atoms with E-state index in [0.717, 1.165) is 22.6 Å². The van der Waals surface area contributed by atoms with Gasteiger partial charge in [-0.1, -0.05) is 51.1 Å². The molecule has 0 aliphatic heterocycles. The molecule has 206 valence electrons. The van der Waals surface area contributed by atoms with Crippen molar-refractivity contribution in [3.8, 4) is 11.5 Å². The number of rotatable bonds is 7. The van der Waals surface area contributed by atoms with Gasteiger partial charge in [-0.3, -0.25) is 0 Å². The molecule has 0 radical (unpaired) electrons. The summed E-state index contributed by atoms with van der Waals surface area (Å²) in [4.78, 5) is 0.798. The third-order valence-electron chi connectivity index (χ3n) is 5.67. The average molecular weight is 547 g/mol. The Morgan fingerprint density at radius 1 is 0.711 bits per heavy atom. The molecule has 0 saturated heterocycles. The number of anilines is 2. The molecule has 1 unspecified atom stereocenters. The highest BCUT2D eigenvalue weighted by atomic mass is 19.4. The molecule has 0 saturated carbocycles. The van der Waals surface area contributed by atoms with Crippen LogP contribution in [0.4, 0.5) is 46.5 Å². The second-order valence-corrected chi connectivity index (χ2v) is 9.67. The van der Waals surface area contributed by atoms with Crippen molar-refractivity contribution in [1.29, 1.82) is 0 Å². The maximum absolute atomic E-state index is 14.0. The van der Waals surface area contributed by atoms with Crippen molar-refractivity contribution in [2.45, 2.75) is 50.6 Å². The summed E-state index contributed by atoms with van der Waals surface area (Å²) in [5.41, 5.74) is -1.16. The van der Waals surface area contributed by atoms with E-state index in [2.05, 4.69) is 0 Å². The van der Waals surface area contributed by atoms with Gasteiger partial charge in [0.05, 0.1) is 6.54 Å². The lowest BCUT2D eigenvalue weighted by atomic mass is 9.87. The summed E-state index contributed by atoms with van der Waals surface area (Å²) in [6.07, 6.45) is -13.9. The highest BCUT2D eigenvalue weighted by molar-refractivity contribution is 5.66. The first kappa shape index (κ1) is 29.2. The summed E-state index contributed by atoms with van der Waals surface area (Å²) < 4.78 is 112. The van der Waals surface area contributed by atoms with Crippen molar-refractivity contribution in [1.82, 2.24) is 0 Å². The minimum atomic E-state index is -5.92. The quantitative estimate of drug-likeness (QED) is 0.301. The molecule has 38 heavy (non-hydrogen) atoms. The van der Waals surface area contributed by atoms with Crippen LogP contribution in [0.3, 0.4) is 0 Å². The van der Waals surface area contributed by atoms with Gasteiger partial charge in [0.15, 0.2) is 6.10 Å². The second kappa shape index (κ2) is 10.4. The highest BCUT2D eigenvalue weighted by Crippen LogP contribution is 2.45. The molecule has 0 aliphatic rings. The summed E-state index contributed by atoms with van der Waals surface area (Å²) in [6, 6.07) is 15.5. The highest BCUT2D eigenvalue weighted by Gasteiger charge is 2.58. The van der Waals surface area contributed by atoms with Crippen LogP contribution < -0.4 is 9.64 Å². The first-order valence-electron chi connectivity index (χ1n) is 11.4. The van der Waals surface area contributed by atoms with E-state index in [4.69, 9.17) is 4.74 Å². The van der Waals surface area contributed by atoms with Gasteiger partial charge in [0, 0.05) is 23.0 Å². The molecular formula is C27H25F8NO2. The zero-order chi connectivity index (χ0) is 28.5. The van der Waals surface area contributed by atoms with E-state index in [-0.39, 0.29) is 16.9 Å². The summed E-state index contributed by atoms with van der Waals surface area (Å²) in [5.74, 6) is -4.67. The summed E-state index contributed by atoms with van der Waals surface area (Å²) >= 11 is 0. The molecule has 3 nitrogen and oxygen atoms in total. The molecule has 0 aromatic heterocycles. The Hall–Kier alpha value is -3.34. The number of ether oxygens (including phenoxy) is 1. The van der Waals surface area contributed by atoms with Crippen LogP contribution >= 0.6 is 0 Å². The third kappa shape index (κ3) is 6.75. The van der Waals surface area contributed by atoms with Crippen LogP contribution in [-0.4, -0.2) is 30.1 Å². The molecular weight excluding hydrogens is 522 g/mol. The van der Waals surface area contributed by atoms with Crippen LogP contribution in [0.2, 0.25) is 0 Å². The molecule has 0 fully saturated rings. The molecule has 3 rings (SSSR count). The number of nitrogens with zero attached hydrogens (tertiary/aromatic N) is 1.